The van der Waals surface area contributed by atoms with Crippen LogP contribution in [0.5, 0.6) is 0 Å². The van der Waals surface area contributed by atoms with Crippen molar-refractivity contribution in [3.63, 3.8) is 0 Å². The Hall–Kier alpha value is -0.290. The Balaban J connectivity index is 1.84. The molecule has 1 aliphatic rings. The van der Waals surface area contributed by atoms with Crippen molar-refractivity contribution in [3.05, 3.63) is 5.82 Å². The van der Waals surface area contributed by atoms with Crippen molar-refractivity contribution < 1.29 is 0 Å². The number of hydrogen-bond donors (Lipinski definition) is 1. The summed E-state index contributed by atoms with van der Waals surface area (Å²) in [7, 11) is 0. The molecule has 0 unspecified atom stereocenters. The minimum absolute atomic E-state index is 0.469. The highest BCUT2D eigenvalue weighted by molar-refractivity contribution is 8.00. The van der Waals surface area contributed by atoms with Crippen LogP contribution in [-0.2, 0) is 6.42 Å². The van der Waals surface area contributed by atoms with E-state index in [4.69, 9.17) is 0 Å². The Kier molecular flexibility index (Phi) is 4.08. The topological polar surface area (TPSA) is 37.8 Å². The fourth-order valence-electron chi connectivity index (χ4n) is 1.91. The molecule has 1 heterocycles. The standard InChI is InChI=1S/C11H19N3S2/c1-3-5-9-13-10(16-14-9)12-8-11(15-2)6-4-7-11/h3-8H2,1-2H3,(H,12,13,14). The van der Waals surface area contributed by atoms with Crippen LogP contribution in [0.15, 0.2) is 0 Å². The van der Waals surface area contributed by atoms with Gasteiger partial charge in [0.15, 0.2) is 0 Å². The predicted octanol–water partition coefficient (Wildman–Crippen LogP) is 3.19. The Morgan fingerprint density at radius 3 is 2.88 bits per heavy atom. The van der Waals surface area contributed by atoms with Gasteiger partial charge in [-0.15, -0.1) is 0 Å². The lowest BCUT2D eigenvalue weighted by Crippen LogP contribution is -2.40. The molecule has 0 spiro atoms. The van der Waals surface area contributed by atoms with Gasteiger partial charge in [0.25, 0.3) is 0 Å². The summed E-state index contributed by atoms with van der Waals surface area (Å²) in [6.07, 6.45) is 8.36. The van der Waals surface area contributed by atoms with Crippen molar-refractivity contribution >= 4 is 28.4 Å². The van der Waals surface area contributed by atoms with Crippen LogP contribution in [0.25, 0.3) is 0 Å². The van der Waals surface area contributed by atoms with E-state index < -0.39 is 0 Å². The van der Waals surface area contributed by atoms with Crippen LogP contribution in [0, 0.1) is 0 Å². The number of aromatic nitrogens is 2. The van der Waals surface area contributed by atoms with E-state index >= 15 is 0 Å². The van der Waals surface area contributed by atoms with Gasteiger partial charge in [-0.1, -0.05) is 13.3 Å². The third-order valence-electron chi connectivity index (χ3n) is 3.20. The normalized spacial score (nSPS) is 18.1. The van der Waals surface area contributed by atoms with Crippen molar-refractivity contribution in [2.45, 2.75) is 43.8 Å². The Bertz CT molecular complexity index is 328. The first-order valence-electron chi connectivity index (χ1n) is 5.89. The number of nitrogens with one attached hydrogen (secondary N) is 1. The van der Waals surface area contributed by atoms with Crippen LogP contribution in [-0.4, -0.2) is 26.9 Å². The summed E-state index contributed by atoms with van der Waals surface area (Å²) in [4.78, 5) is 4.48. The van der Waals surface area contributed by atoms with Crippen LogP contribution in [0.2, 0.25) is 0 Å². The Labute approximate surface area is 106 Å². The number of rotatable bonds is 6. The van der Waals surface area contributed by atoms with Crippen molar-refractivity contribution in [2.75, 3.05) is 18.1 Å². The maximum Gasteiger partial charge on any atom is 0.202 e. The summed E-state index contributed by atoms with van der Waals surface area (Å²) in [5.74, 6) is 0.988. The maximum absolute atomic E-state index is 4.48. The molecule has 1 N–H and O–H groups in total. The van der Waals surface area contributed by atoms with Crippen molar-refractivity contribution in [1.29, 1.82) is 0 Å². The third kappa shape index (κ3) is 2.69. The van der Waals surface area contributed by atoms with Gasteiger partial charge in [0.1, 0.15) is 5.82 Å². The molecule has 0 radical (unpaired) electrons. The summed E-state index contributed by atoms with van der Waals surface area (Å²) in [5.41, 5.74) is 0. The molecule has 5 heteroatoms. The summed E-state index contributed by atoms with van der Waals surface area (Å²) in [6, 6.07) is 0. The van der Waals surface area contributed by atoms with Gasteiger partial charge in [-0.2, -0.15) is 16.1 Å². The quantitative estimate of drug-likeness (QED) is 0.849. The molecule has 1 aromatic rings. The van der Waals surface area contributed by atoms with Crippen molar-refractivity contribution in [1.82, 2.24) is 9.36 Å². The fourth-order valence-corrected chi connectivity index (χ4v) is 3.43. The maximum atomic E-state index is 4.48. The Morgan fingerprint density at radius 1 is 1.50 bits per heavy atom. The fraction of sp³-hybridized carbons (Fsp3) is 0.818. The zero-order valence-electron chi connectivity index (χ0n) is 9.95. The summed E-state index contributed by atoms with van der Waals surface area (Å²) in [6.45, 7) is 3.19. The SMILES string of the molecule is CCCc1nsc(NCC2(SC)CCC2)n1. The van der Waals surface area contributed by atoms with Crippen LogP contribution in [0.3, 0.4) is 0 Å². The lowest BCUT2D eigenvalue weighted by molar-refractivity contribution is 0.380. The molecule has 0 aromatic carbocycles. The van der Waals surface area contributed by atoms with E-state index in [2.05, 4.69) is 27.9 Å². The average Bonchev–Trinajstić information content (AvgIpc) is 2.66. The Morgan fingerprint density at radius 2 is 2.31 bits per heavy atom. The van der Waals surface area contributed by atoms with Gasteiger partial charge in [0.05, 0.1) is 0 Å². The molecule has 0 bridgehead atoms. The van der Waals surface area contributed by atoms with Gasteiger partial charge in [0.2, 0.25) is 5.13 Å². The molecule has 90 valence electrons. The molecule has 1 fully saturated rings. The van der Waals surface area contributed by atoms with Gasteiger partial charge >= 0.3 is 0 Å². The van der Waals surface area contributed by atoms with E-state index in [0.29, 0.717) is 4.75 Å². The number of anilines is 1. The lowest BCUT2D eigenvalue weighted by atomic mass is 9.84. The lowest BCUT2D eigenvalue weighted by Gasteiger charge is -2.40. The molecule has 3 nitrogen and oxygen atoms in total. The second kappa shape index (κ2) is 5.36. The molecular weight excluding hydrogens is 238 g/mol. The molecule has 1 aliphatic carbocycles. The van der Waals surface area contributed by atoms with Crippen LogP contribution in [0.4, 0.5) is 5.13 Å². The van der Waals surface area contributed by atoms with Crippen molar-refractivity contribution in [2.24, 2.45) is 0 Å². The molecule has 0 saturated heterocycles. The van der Waals surface area contributed by atoms with E-state index in [0.717, 1.165) is 30.3 Å². The van der Waals surface area contributed by atoms with Gasteiger partial charge in [-0.3, -0.25) is 0 Å². The molecule has 1 saturated carbocycles. The molecular formula is C11H19N3S2. The van der Waals surface area contributed by atoms with Gasteiger partial charge in [-0.05, 0) is 25.5 Å². The monoisotopic (exact) mass is 257 g/mol. The predicted molar refractivity (Wildman–Crippen MR) is 72.5 cm³/mol. The summed E-state index contributed by atoms with van der Waals surface area (Å²) in [5, 5.41) is 4.43. The second-order valence-electron chi connectivity index (χ2n) is 4.36. The summed E-state index contributed by atoms with van der Waals surface area (Å²) < 4.78 is 4.81. The number of thioether (sulfide) groups is 1. The van der Waals surface area contributed by atoms with Crippen LogP contribution in [0.1, 0.15) is 38.4 Å². The largest absolute Gasteiger partial charge is 0.359 e. The van der Waals surface area contributed by atoms with Crippen LogP contribution < -0.4 is 5.32 Å². The molecule has 2 rings (SSSR count). The first kappa shape index (κ1) is 12.2. The second-order valence-corrected chi connectivity index (χ2v) is 6.39. The number of aryl methyl sites for hydroxylation is 1. The minimum Gasteiger partial charge on any atom is -0.359 e. The molecule has 1 aromatic heterocycles. The van der Waals surface area contributed by atoms with Gasteiger partial charge in [-0.25, -0.2) is 4.98 Å². The minimum atomic E-state index is 0.469. The first-order valence-corrected chi connectivity index (χ1v) is 7.89. The highest BCUT2D eigenvalue weighted by Gasteiger charge is 2.35. The van der Waals surface area contributed by atoms with E-state index in [-0.39, 0.29) is 0 Å². The number of hydrogen-bond acceptors (Lipinski definition) is 5. The highest BCUT2D eigenvalue weighted by Crippen LogP contribution is 2.42. The third-order valence-corrected chi connectivity index (χ3v) is 5.33. The van der Waals surface area contributed by atoms with Gasteiger partial charge < -0.3 is 5.32 Å². The van der Waals surface area contributed by atoms with Crippen LogP contribution >= 0.6 is 23.3 Å². The van der Waals surface area contributed by atoms with E-state index in [1.807, 2.05) is 11.8 Å². The molecule has 0 aliphatic heterocycles. The van der Waals surface area contributed by atoms with E-state index in [1.165, 1.54) is 30.8 Å². The van der Waals surface area contributed by atoms with E-state index in [9.17, 15) is 0 Å². The molecule has 0 atom stereocenters. The molecule has 16 heavy (non-hydrogen) atoms. The molecule has 0 amide bonds. The number of nitrogens with zero attached hydrogens (tertiary/aromatic N) is 2. The summed E-state index contributed by atoms with van der Waals surface area (Å²) >= 11 is 3.48. The van der Waals surface area contributed by atoms with Crippen molar-refractivity contribution in [3.8, 4) is 0 Å². The zero-order valence-corrected chi connectivity index (χ0v) is 11.6. The van der Waals surface area contributed by atoms with Gasteiger partial charge in [0, 0.05) is 29.2 Å². The average molecular weight is 257 g/mol. The zero-order chi connectivity index (χ0) is 11.4. The first-order chi connectivity index (χ1) is 7.78. The highest BCUT2D eigenvalue weighted by atomic mass is 32.2. The smallest absolute Gasteiger partial charge is 0.202 e. The van der Waals surface area contributed by atoms with E-state index in [1.54, 1.807) is 0 Å².